The Morgan fingerprint density at radius 1 is 1.26 bits per heavy atom. The van der Waals surface area contributed by atoms with E-state index in [1.54, 1.807) is 18.2 Å². The molecule has 1 aromatic carbocycles. The molecule has 3 fully saturated rings. The van der Waals surface area contributed by atoms with Gasteiger partial charge in [0.1, 0.15) is 11.7 Å². The average Bonchev–Trinajstić information content (AvgIpc) is 3.25. The summed E-state index contributed by atoms with van der Waals surface area (Å²) in [4.78, 5) is 26.2. The molecule has 0 unspecified atom stereocenters. The number of anilines is 1. The molecule has 2 aliphatic carbocycles. The van der Waals surface area contributed by atoms with E-state index in [1.165, 1.54) is 12.5 Å². The van der Waals surface area contributed by atoms with Crippen LogP contribution in [0, 0.1) is 26.9 Å². The molecule has 4 atom stereocenters. The molecule has 1 saturated heterocycles. The summed E-state index contributed by atoms with van der Waals surface area (Å²) >= 11 is 0. The summed E-state index contributed by atoms with van der Waals surface area (Å²) in [7, 11) is 0. The van der Waals surface area contributed by atoms with Crippen molar-refractivity contribution in [1.82, 2.24) is 5.32 Å². The molecule has 2 saturated carbocycles. The Morgan fingerprint density at radius 3 is 2.63 bits per heavy atom. The monoisotopic (exact) mass is 371 g/mol. The van der Waals surface area contributed by atoms with Gasteiger partial charge in [-0.2, -0.15) is 0 Å². The van der Waals surface area contributed by atoms with Gasteiger partial charge in [0, 0.05) is 18.7 Å². The molecule has 6 heteroatoms. The van der Waals surface area contributed by atoms with Crippen LogP contribution in [-0.2, 0) is 4.79 Å². The SMILES string of the molecule is CC1(C)[C@@H]2CC[C@@]1(C)[C@@H](NC(=O)[C@@H]1CCCN1c1ccccc1[N+](=O)[O-])C2. The first kappa shape index (κ1) is 18.3. The summed E-state index contributed by atoms with van der Waals surface area (Å²) in [5.41, 5.74) is 1.01. The Hall–Kier alpha value is -2.11. The number of rotatable bonds is 4. The van der Waals surface area contributed by atoms with Crippen molar-refractivity contribution in [3.8, 4) is 0 Å². The van der Waals surface area contributed by atoms with Gasteiger partial charge >= 0.3 is 0 Å². The van der Waals surface area contributed by atoms with Crippen LogP contribution in [0.4, 0.5) is 11.4 Å². The van der Waals surface area contributed by atoms with Crippen molar-refractivity contribution in [3.05, 3.63) is 34.4 Å². The van der Waals surface area contributed by atoms with Crippen LogP contribution in [0.3, 0.4) is 0 Å². The van der Waals surface area contributed by atoms with Crippen LogP contribution in [0.1, 0.15) is 52.9 Å². The Balaban J connectivity index is 1.54. The van der Waals surface area contributed by atoms with Crippen LogP contribution in [0.5, 0.6) is 0 Å². The van der Waals surface area contributed by atoms with Gasteiger partial charge in [0.15, 0.2) is 0 Å². The molecule has 0 radical (unpaired) electrons. The minimum absolute atomic E-state index is 0.0280. The van der Waals surface area contributed by atoms with Crippen LogP contribution >= 0.6 is 0 Å². The second-order valence-electron chi connectivity index (χ2n) is 9.27. The van der Waals surface area contributed by atoms with Gasteiger partial charge in [-0.3, -0.25) is 14.9 Å². The number of hydrogen-bond acceptors (Lipinski definition) is 4. The van der Waals surface area contributed by atoms with E-state index < -0.39 is 0 Å². The second kappa shape index (κ2) is 6.21. The minimum Gasteiger partial charge on any atom is -0.354 e. The highest BCUT2D eigenvalue weighted by molar-refractivity contribution is 5.87. The molecule has 1 aromatic rings. The molecular formula is C21H29N3O3. The summed E-state index contributed by atoms with van der Waals surface area (Å²) in [6.07, 6.45) is 5.08. The fourth-order valence-corrected chi connectivity index (χ4v) is 5.88. The molecule has 1 N–H and O–H groups in total. The number of nitro benzene ring substituents is 1. The molecule has 3 aliphatic rings. The molecule has 0 aromatic heterocycles. The van der Waals surface area contributed by atoms with E-state index in [9.17, 15) is 14.9 Å². The van der Waals surface area contributed by atoms with E-state index in [0.717, 1.165) is 25.7 Å². The van der Waals surface area contributed by atoms with Crippen molar-refractivity contribution in [3.63, 3.8) is 0 Å². The van der Waals surface area contributed by atoms with Gasteiger partial charge in [-0.15, -0.1) is 0 Å². The Labute approximate surface area is 160 Å². The second-order valence-corrected chi connectivity index (χ2v) is 9.27. The zero-order valence-corrected chi connectivity index (χ0v) is 16.4. The van der Waals surface area contributed by atoms with Crippen LogP contribution in [0.25, 0.3) is 0 Å². The van der Waals surface area contributed by atoms with Crippen LogP contribution < -0.4 is 10.2 Å². The van der Waals surface area contributed by atoms with Crippen molar-refractivity contribution in [2.75, 3.05) is 11.4 Å². The average molecular weight is 371 g/mol. The maximum atomic E-state index is 13.2. The lowest BCUT2D eigenvalue weighted by molar-refractivity contribution is -0.384. The Bertz CT molecular complexity index is 778. The summed E-state index contributed by atoms with van der Waals surface area (Å²) < 4.78 is 0. The maximum absolute atomic E-state index is 13.2. The van der Waals surface area contributed by atoms with Crippen molar-refractivity contribution in [2.45, 2.75) is 65.0 Å². The number of para-hydroxylation sites is 2. The first-order valence-corrected chi connectivity index (χ1v) is 10.1. The van der Waals surface area contributed by atoms with Gasteiger partial charge in [0.05, 0.1) is 4.92 Å². The molecule has 0 spiro atoms. The Morgan fingerprint density at radius 2 is 2.00 bits per heavy atom. The van der Waals surface area contributed by atoms with Crippen LogP contribution in [0.2, 0.25) is 0 Å². The van der Waals surface area contributed by atoms with Crippen LogP contribution in [-0.4, -0.2) is 29.5 Å². The highest BCUT2D eigenvalue weighted by Crippen LogP contribution is 2.65. The number of nitrogens with zero attached hydrogens (tertiary/aromatic N) is 2. The topological polar surface area (TPSA) is 75.5 Å². The molecule has 1 aliphatic heterocycles. The number of hydrogen-bond donors (Lipinski definition) is 1. The highest BCUT2D eigenvalue weighted by atomic mass is 16.6. The van der Waals surface area contributed by atoms with Crippen molar-refractivity contribution < 1.29 is 9.72 Å². The molecule has 1 heterocycles. The number of nitrogens with one attached hydrogen (secondary N) is 1. The fourth-order valence-electron chi connectivity index (χ4n) is 5.88. The lowest BCUT2D eigenvalue weighted by Gasteiger charge is -2.40. The molecule has 6 nitrogen and oxygen atoms in total. The van der Waals surface area contributed by atoms with E-state index >= 15 is 0 Å². The van der Waals surface area contributed by atoms with E-state index in [4.69, 9.17) is 0 Å². The number of carbonyl (C=O) groups is 1. The zero-order valence-electron chi connectivity index (χ0n) is 16.4. The highest BCUT2D eigenvalue weighted by Gasteiger charge is 2.61. The predicted molar refractivity (Wildman–Crippen MR) is 105 cm³/mol. The summed E-state index contributed by atoms with van der Waals surface area (Å²) in [5, 5.41) is 14.8. The van der Waals surface area contributed by atoms with E-state index in [-0.39, 0.29) is 39.4 Å². The first-order chi connectivity index (χ1) is 12.8. The third kappa shape index (κ3) is 2.64. The van der Waals surface area contributed by atoms with Gasteiger partial charge in [-0.05, 0) is 54.9 Å². The summed E-state index contributed by atoms with van der Waals surface area (Å²) in [6.45, 7) is 7.68. The number of amides is 1. The standard InChI is InChI=1S/C21H29N3O3/c1-20(2)14-10-11-21(20,3)18(13-14)22-19(25)17-9-6-12-23(17)15-7-4-5-8-16(15)24(26)27/h4-5,7-8,14,17-18H,6,9-13H2,1-3H3,(H,22,25)/t14-,17+,18+,21+/m1/s1. The lowest BCUT2D eigenvalue weighted by atomic mass is 9.69. The third-order valence-electron chi connectivity index (χ3n) is 8.05. The fraction of sp³-hybridized carbons (Fsp3) is 0.667. The van der Waals surface area contributed by atoms with Gasteiger partial charge in [0.2, 0.25) is 5.91 Å². The van der Waals surface area contributed by atoms with Crippen molar-refractivity contribution >= 4 is 17.3 Å². The Kier molecular flexibility index (Phi) is 4.20. The molecule has 1 amide bonds. The molecule has 2 bridgehead atoms. The summed E-state index contributed by atoms with van der Waals surface area (Å²) in [5.74, 6) is 0.697. The minimum atomic E-state index is -0.359. The largest absolute Gasteiger partial charge is 0.354 e. The molecular weight excluding hydrogens is 342 g/mol. The van der Waals surface area contributed by atoms with Crippen molar-refractivity contribution in [1.29, 1.82) is 0 Å². The molecule has 27 heavy (non-hydrogen) atoms. The van der Waals surface area contributed by atoms with E-state index in [1.807, 2.05) is 4.90 Å². The van der Waals surface area contributed by atoms with E-state index in [2.05, 4.69) is 26.1 Å². The third-order valence-corrected chi connectivity index (χ3v) is 8.05. The normalized spacial score (nSPS) is 34.0. The quantitative estimate of drug-likeness (QED) is 0.643. The summed E-state index contributed by atoms with van der Waals surface area (Å²) in [6, 6.07) is 6.62. The first-order valence-electron chi connectivity index (χ1n) is 10.1. The maximum Gasteiger partial charge on any atom is 0.292 e. The zero-order chi connectivity index (χ0) is 19.4. The van der Waals surface area contributed by atoms with Gasteiger partial charge in [-0.25, -0.2) is 0 Å². The number of carbonyl (C=O) groups excluding carboxylic acids is 1. The van der Waals surface area contributed by atoms with Gasteiger partial charge in [-0.1, -0.05) is 32.9 Å². The van der Waals surface area contributed by atoms with Crippen LogP contribution in [0.15, 0.2) is 24.3 Å². The number of fused-ring (bicyclic) bond motifs is 2. The predicted octanol–water partition coefficient (Wildman–Crippen LogP) is 3.89. The number of nitro groups is 1. The van der Waals surface area contributed by atoms with Crippen molar-refractivity contribution in [2.24, 2.45) is 16.7 Å². The molecule has 4 rings (SSSR count). The van der Waals surface area contributed by atoms with Gasteiger partial charge in [0.25, 0.3) is 5.69 Å². The van der Waals surface area contributed by atoms with Gasteiger partial charge < -0.3 is 10.2 Å². The number of benzene rings is 1. The lowest BCUT2D eigenvalue weighted by Crippen LogP contribution is -2.52. The smallest absolute Gasteiger partial charge is 0.292 e. The molecule has 146 valence electrons. The van der Waals surface area contributed by atoms with E-state index in [0.29, 0.717) is 18.2 Å².